The number of nitrogens with one attached hydrogen (secondary N) is 1. The Morgan fingerprint density at radius 2 is 2.00 bits per heavy atom. The maximum absolute atomic E-state index is 11.7. The van der Waals surface area contributed by atoms with Gasteiger partial charge in [-0.3, -0.25) is 4.99 Å². The third-order valence-corrected chi connectivity index (χ3v) is 4.14. The first-order valence-electron chi connectivity index (χ1n) is 8.25. The number of guanidine groups is 1. The molecule has 2 rings (SSSR count). The van der Waals surface area contributed by atoms with E-state index in [0.717, 1.165) is 37.0 Å². The first kappa shape index (κ1) is 18.4. The number of nitrogens with zero attached hydrogens (tertiary/aromatic N) is 3. The highest BCUT2D eigenvalue weighted by atomic mass is 35.5. The zero-order valence-electron chi connectivity index (χ0n) is 14.3. The molecule has 1 N–H and O–H groups in total. The second-order valence-corrected chi connectivity index (χ2v) is 5.96. The van der Waals surface area contributed by atoms with E-state index in [1.165, 1.54) is 5.56 Å². The van der Waals surface area contributed by atoms with E-state index in [1.807, 2.05) is 25.1 Å². The molecule has 0 saturated carbocycles. The Balaban J connectivity index is 1.77. The number of ether oxygens (including phenoxy) is 1. The molecular weight excluding hydrogens is 328 g/mol. The van der Waals surface area contributed by atoms with Gasteiger partial charge < -0.3 is 19.9 Å². The molecule has 1 aliphatic rings. The molecule has 1 aromatic carbocycles. The number of halogens is 1. The molecule has 0 spiro atoms. The zero-order valence-corrected chi connectivity index (χ0v) is 15.1. The first-order valence-corrected chi connectivity index (χ1v) is 8.63. The lowest BCUT2D eigenvalue weighted by Crippen LogP contribution is -2.54. The number of amides is 1. The van der Waals surface area contributed by atoms with E-state index in [1.54, 1.807) is 11.9 Å². The van der Waals surface area contributed by atoms with Crippen LogP contribution in [0.3, 0.4) is 0 Å². The largest absolute Gasteiger partial charge is 0.450 e. The molecule has 1 fully saturated rings. The Hall–Kier alpha value is -1.95. The molecule has 0 radical (unpaired) electrons. The number of benzene rings is 1. The summed E-state index contributed by atoms with van der Waals surface area (Å²) in [7, 11) is 1.78. The summed E-state index contributed by atoms with van der Waals surface area (Å²) in [5.41, 5.74) is 1.19. The summed E-state index contributed by atoms with van der Waals surface area (Å²) >= 11 is 6.00. The fourth-order valence-corrected chi connectivity index (χ4v) is 2.87. The highest BCUT2D eigenvalue weighted by Gasteiger charge is 2.23. The summed E-state index contributed by atoms with van der Waals surface area (Å²) < 4.78 is 5.04. The molecule has 6 nitrogen and oxygen atoms in total. The van der Waals surface area contributed by atoms with Crippen LogP contribution in [0.15, 0.2) is 29.3 Å². The number of aliphatic imine (C=N–C) groups is 1. The molecule has 1 heterocycles. The van der Waals surface area contributed by atoms with Crippen LogP contribution in [-0.2, 0) is 11.2 Å². The predicted octanol–water partition coefficient (Wildman–Crippen LogP) is 2.23. The van der Waals surface area contributed by atoms with E-state index in [-0.39, 0.29) is 6.09 Å². The highest BCUT2D eigenvalue weighted by Crippen LogP contribution is 2.11. The van der Waals surface area contributed by atoms with Gasteiger partial charge >= 0.3 is 6.09 Å². The Labute approximate surface area is 148 Å². The van der Waals surface area contributed by atoms with E-state index in [0.29, 0.717) is 19.7 Å². The van der Waals surface area contributed by atoms with Crippen LogP contribution >= 0.6 is 11.6 Å². The smallest absolute Gasteiger partial charge is 0.409 e. The first-order chi connectivity index (χ1) is 11.6. The summed E-state index contributed by atoms with van der Waals surface area (Å²) in [5, 5.41) is 4.13. The molecule has 1 saturated heterocycles. The Bertz CT molecular complexity index is 571. The summed E-state index contributed by atoms with van der Waals surface area (Å²) in [4.78, 5) is 20.0. The van der Waals surface area contributed by atoms with Crippen LogP contribution in [0.4, 0.5) is 4.79 Å². The van der Waals surface area contributed by atoms with Crippen LogP contribution in [0.2, 0.25) is 5.02 Å². The van der Waals surface area contributed by atoms with Gasteiger partial charge in [0.15, 0.2) is 5.96 Å². The maximum atomic E-state index is 11.7. The normalized spacial score (nSPS) is 15.4. The summed E-state index contributed by atoms with van der Waals surface area (Å²) in [5.74, 6) is 0.862. The van der Waals surface area contributed by atoms with Crippen LogP contribution in [0, 0.1) is 0 Å². The van der Waals surface area contributed by atoms with Crippen LogP contribution < -0.4 is 5.32 Å². The molecule has 1 amide bonds. The average molecular weight is 353 g/mol. The molecule has 0 atom stereocenters. The van der Waals surface area contributed by atoms with Crippen LogP contribution in [0.1, 0.15) is 12.5 Å². The van der Waals surface area contributed by atoms with Gasteiger partial charge in [0.1, 0.15) is 0 Å². The molecule has 0 aromatic heterocycles. The number of carbonyl (C=O) groups excluding carboxylic acids is 1. The highest BCUT2D eigenvalue weighted by molar-refractivity contribution is 6.30. The molecule has 0 unspecified atom stereocenters. The lowest BCUT2D eigenvalue weighted by molar-refractivity contribution is 0.0915. The van der Waals surface area contributed by atoms with E-state index < -0.39 is 0 Å². The van der Waals surface area contributed by atoms with Crippen molar-refractivity contribution in [2.24, 2.45) is 4.99 Å². The van der Waals surface area contributed by atoms with Gasteiger partial charge in [-0.25, -0.2) is 4.79 Å². The number of carbonyl (C=O) groups is 1. The molecule has 132 valence electrons. The Morgan fingerprint density at radius 1 is 1.29 bits per heavy atom. The fourth-order valence-electron chi connectivity index (χ4n) is 2.66. The van der Waals surface area contributed by atoms with Gasteiger partial charge in [-0.05, 0) is 31.0 Å². The van der Waals surface area contributed by atoms with Crippen molar-refractivity contribution in [3.05, 3.63) is 34.9 Å². The monoisotopic (exact) mass is 352 g/mol. The molecule has 24 heavy (non-hydrogen) atoms. The summed E-state index contributed by atoms with van der Waals surface area (Å²) in [6.45, 7) is 5.80. The molecule has 1 aromatic rings. The van der Waals surface area contributed by atoms with Crippen molar-refractivity contribution in [1.82, 2.24) is 15.1 Å². The fraction of sp³-hybridized carbons (Fsp3) is 0.529. The van der Waals surface area contributed by atoms with Gasteiger partial charge in [-0.1, -0.05) is 23.7 Å². The van der Waals surface area contributed by atoms with Gasteiger partial charge in [0.2, 0.25) is 0 Å². The lowest BCUT2D eigenvalue weighted by Gasteiger charge is -2.35. The number of hydrogen-bond donors (Lipinski definition) is 1. The van der Waals surface area contributed by atoms with Crippen LogP contribution in [0.5, 0.6) is 0 Å². The van der Waals surface area contributed by atoms with Crippen molar-refractivity contribution < 1.29 is 9.53 Å². The summed E-state index contributed by atoms with van der Waals surface area (Å²) in [6, 6.07) is 7.88. The van der Waals surface area contributed by atoms with Crippen LogP contribution in [-0.4, -0.2) is 68.2 Å². The van der Waals surface area contributed by atoms with Crippen molar-refractivity contribution in [2.75, 3.05) is 46.4 Å². The van der Waals surface area contributed by atoms with Gasteiger partial charge in [-0.15, -0.1) is 0 Å². The molecule has 1 aliphatic heterocycles. The SMILES string of the molecule is CCOC(=O)N1CCN(C(=NC)NCCc2cccc(Cl)c2)CC1. The van der Waals surface area contributed by atoms with Gasteiger partial charge in [0.25, 0.3) is 0 Å². The van der Waals surface area contributed by atoms with Crippen molar-refractivity contribution in [2.45, 2.75) is 13.3 Å². The van der Waals surface area contributed by atoms with Gasteiger partial charge in [-0.2, -0.15) is 0 Å². The predicted molar refractivity (Wildman–Crippen MR) is 96.7 cm³/mol. The van der Waals surface area contributed by atoms with Crippen molar-refractivity contribution in [3.63, 3.8) is 0 Å². The molecule has 0 bridgehead atoms. The quantitative estimate of drug-likeness (QED) is 0.667. The standard InChI is InChI=1S/C17H25ClN4O2/c1-3-24-17(23)22-11-9-21(10-12-22)16(19-2)20-8-7-14-5-4-6-15(18)13-14/h4-6,13H,3,7-12H2,1-2H3,(H,19,20). The average Bonchev–Trinajstić information content (AvgIpc) is 2.59. The summed E-state index contributed by atoms with van der Waals surface area (Å²) in [6.07, 6.45) is 0.642. The minimum absolute atomic E-state index is 0.235. The lowest BCUT2D eigenvalue weighted by atomic mass is 10.1. The van der Waals surface area contributed by atoms with E-state index >= 15 is 0 Å². The van der Waals surface area contributed by atoms with Gasteiger partial charge in [0, 0.05) is 44.8 Å². The van der Waals surface area contributed by atoms with Crippen molar-refractivity contribution in [3.8, 4) is 0 Å². The van der Waals surface area contributed by atoms with E-state index in [2.05, 4.69) is 21.3 Å². The number of hydrogen-bond acceptors (Lipinski definition) is 3. The molecule has 7 heteroatoms. The van der Waals surface area contributed by atoms with E-state index in [4.69, 9.17) is 16.3 Å². The minimum atomic E-state index is -0.235. The Kier molecular flexibility index (Phi) is 7.18. The number of piperazine rings is 1. The minimum Gasteiger partial charge on any atom is -0.450 e. The third-order valence-electron chi connectivity index (χ3n) is 3.90. The second-order valence-electron chi connectivity index (χ2n) is 5.53. The van der Waals surface area contributed by atoms with Crippen LogP contribution in [0.25, 0.3) is 0 Å². The van der Waals surface area contributed by atoms with E-state index in [9.17, 15) is 4.79 Å². The second kappa shape index (κ2) is 9.37. The molecular formula is C17H25ClN4O2. The molecule has 0 aliphatic carbocycles. The topological polar surface area (TPSA) is 57.2 Å². The van der Waals surface area contributed by atoms with Crippen molar-refractivity contribution in [1.29, 1.82) is 0 Å². The van der Waals surface area contributed by atoms with Crippen molar-refractivity contribution >= 4 is 23.7 Å². The third kappa shape index (κ3) is 5.30. The number of rotatable bonds is 4. The Morgan fingerprint density at radius 3 is 2.62 bits per heavy atom. The van der Waals surface area contributed by atoms with Gasteiger partial charge in [0.05, 0.1) is 6.61 Å². The maximum Gasteiger partial charge on any atom is 0.409 e. The zero-order chi connectivity index (χ0) is 17.4.